The van der Waals surface area contributed by atoms with Crippen molar-refractivity contribution in [3.05, 3.63) is 59.7 Å². The van der Waals surface area contributed by atoms with Gasteiger partial charge in [0.2, 0.25) is 0 Å². The molecule has 0 heterocycles. The molecule has 186 valence electrons. The summed E-state index contributed by atoms with van der Waals surface area (Å²) >= 11 is 0. The highest BCUT2D eigenvalue weighted by Crippen LogP contribution is 2.45. The third-order valence-corrected chi connectivity index (χ3v) is 6.58. The number of alkyl carbamates (subject to hydrolysis) is 1. The molecule has 1 saturated carbocycles. The van der Waals surface area contributed by atoms with E-state index in [1.54, 1.807) is 0 Å². The zero-order chi connectivity index (χ0) is 25.3. The Labute approximate surface area is 202 Å². The quantitative estimate of drug-likeness (QED) is 0.552. The molecular formula is C26H28F2N2O5. The molecule has 4 rings (SSSR count). The van der Waals surface area contributed by atoms with Gasteiger partial charge in [0.05, 0.1) is 0 Å². The van der Waals surface area contributed by atoms with E-state index in [1.807, 2.05) is 48.5 Å². The lowest BCUT2D eigenvalue weighted by Gasteiger charge is -2.33. The number of hydrogen-bond donors (Lipinski definition) is 2. The van der Waals surface area contributed by atoms with Crippen LogP contribution in [0.4, 0.5) is 13.6 Å². The fraction of sp³-hybridized carbons (Fsp3) is 0.423. The number of aliphatic carboxylic acids is 1. The van der Waals surface area contributed by atoms with Gasteiger partial charge in [0.15, 0.2) is 0 Å². The number of fused-ring (bicyclic) bond motifs is 3. The zero-order valence-corrected chi connectivity index (χ0v) is 19.5. The van der Waals surface area contributed by atoms with Crippen LogP contribution < -0.4 is 5.32 Å². The summed E-state index contributed by atoms with van der Waals surface area (Å²) in [6.07, 6.45) is -0.180. The highest BCUT2D eigenvalue weighted by molar-refractivity contribution is 5.88. The summed E-state index contributed by atoms with van der Waals surface area (Å²) in [4.78, 5) is 37.0. The molecule has 1 unspecified atom stereocenters. The lowest BCUT2D eigenvalue weighted by atomic mass is 9.98. The molecule has 2 aliphatic carbocycles. The fourth-order valence-electron chi connectivity index (χ4n) is 4.66. The number of nitrogens with zero attached hydrogens (tertiary/aromatic N) is 1. The van der Waals surface area contributed by atoms with E-state index in [9.17, 15) is 14.4 Å². The van der Waals surface area contributed by atoms with Gasteiger partial charge in [0.1, 0.15) is 19.2 Å². The predicted molar refractivity (Wildman–Crippen MR) is 124 cm³/mol. The van der Waals surface area contributed by atoms with Gasteiger partial charge in [-0.2, -0.15) is 8.78 Å². The molecule has 1 atom stereocenters. The summed E-state index contributed by atoms with van der Waals surface area (Å²) in [7, 11) is 0. The van der Waals surface area contributed by atoms with Gasteiger partial charge in [0.25, 0.3) is 5.91 Å². The van der Waals surface area contributed by atoms with E-state index in [0.29, 0.717) is 17.7 Å². The van der Waals surface area contributed by atoms with Crippen molar-refractivity contribution in [2.24, 2.45) is 5.92 Å². The third-order valence-electron chi connectivity index (χ3n) is 6.58. The van der Waals surface area contributed by atoms with E-state index in [-0.39, 0.29) is 12.5 Å². The molecule has 2 aromatic carbocycles. The topological polar surface area (TPSA) is 95.9 Å². The van der Waals surface area contributed by atoms with Gasteiger partial charge in [-0.1, -0.05) is 48.5 Å². The number of rotatable bonds is 9. The van der Waals surface area contributed by atoms with Crippen molar-refractivity contribution in [2.45, 2.75) is 50.6 Å². The Morgan fingerprint density at radius 3 is 2.09 bits per heavy atom. The molecule has 0 aliphatic heterocycles. The summed E-state index contributed by atoms with van der Waals surface area (Å²) in [5.41, 5.74) is 4.05. The number of hydrogen-bond acceptors (Lipinski definition) is 4. The van der Waals surface area contributed by atoms with Crippen LogP contribution in [0.15, 0.2) is 48.5 Å². The average molecular weight is 487 g/mol. The van der Waals surface area contributed by atoms with E-state index in [0.717, 1.165) is 22.3 Å². The van der Waals surface area contributed by atoms with E-state index in [1.165, 1.54) is 13.8 Å². The number of alkyl halides is 2. The number of nitrogens with one attached hydrogen (secondary N) is 1. The highest BCUT2D eigenvalue weighted by atomic mass is 19.3. The summed E-state index contributed by atoms with van der Waals surface area (Å²) in [6.45, 7) is 2.02. The molecule has 2 amide bonds. The monoisotopic (exact) mass is 486 g/mol. The highest BCUT2D eigenvalue weighted by Gasteiger charge is 2.56. The van der Waals surface area contributed by atoms with Gasteiger partial charge >= 0.3 is 18.0 Å². The Hall–Kier alpha value is -3.49. The van der Waals surface area contributed by atoms with E-state index in [2.05, 4.69) is 5.32 Å². The minimum absolute atomic E-state index is 0.0477. The lowest BCUT2D eigenvalue weighted by molar-refractivity contribution is -0.167. The van der Waals surface area contributed by atoms with Crippen LogP contribution >= 0.6 is 0 Å². The lowest BCUT2D eigenvalue weighted by Crippen LogP contribution is -2.59. The van der Waals surface area contributed by atoms with Crippen LogP contribution in [0.3, 0.4) is 0 Å². The van der Waals surface area contributed by atoms with Gasteiger partial charge in [-0.3, -0.25) is 9.59 Å². The van der Waals surface area contributed by atoms with Gasteiger partial charge in [-0.25, -0.2) is 4.79 Å². The van der Waals surface area contributed by atoms with Crippen LogP contribution in [-0.4, -0.2) is 59.1 Å². The van der Waals surface area contributed by atoms with E-state index >= 15 is 8.78 Å². The second-order valence-corrected chi connectivity index (χ2v) is 9.33. The number of carbonyl (C=O) groups excluding carboxylic acids is 2. The molecule has 0 aromatic heterocycles. The molecule has 0 spiro atoms. The summed E-state index contributed by atoms with van der Waals surface area (Å²) < 4.78 is 35.9. The van der Waals surface area contributed by atoms with Crippen molar-refractivity contribution in [3.63, 3.8) is 0 Å². The SMILES string of the molecule is CC(C)N(CC(=O)O)C(=O)C(F)(F)C(NC(=O)OCC1c2ccccc2-c2ccccc21)C1CC1. The van der Waals surface area contributed by atoms with Crippen LogP contribution in [0.1, 0.15) is 43.7 Å². The number of benzene rings is 2. The summed E-state index contributed by atoms with van der Waals surface area (Å²) in [5.74, 6) is -7.82. The number of halogens is 2. The molecule has 9 heteroatoms. The first kappa shape index (κ1) is 24.6. The van der Waals surface area contributed by atoms with Gasteiger partial charge in [-0.05, 0) is 54.9 Å². The Balaban J connectivity index is 1.46. The Kier molecular flexibility index (Phi) is 6.78. The van der Waals surface area contributed by atoms with Gasteiger partial charge in [-0.15, -0.1) is 0 Å². The number of carbonyl (C=O) groups is 3. The van der Waals surface area contributed by atoms with Crippen molar-refractivity contribution in [1.82, 2.24) is 10.2 Å². The summed E-state index contributed by atoms with van der Waals surface area (Å²) in [5, 5.41) is 11.3. The smallest absolute Gasteiger partial charge is 0.407 e. The standard InChI is InChI=1S/C26H28F2N2O5/c1-15(2)30(13-22(31)32)24(33)26(27,28)23(16-11-12-16)29-25(34)35-14-21-19-9-5-3-7-17(19)18-8-4-6-10-20(18)21/h3-10,15-16,21,23H,11-14H2,1-2H3,(H,29,34)(H,31,32). The van der Waals surface area contributed by atoms with Crippen LogP contribution in [0, 0.1) is 5.92 Å². The maximum absolute atomic E-state index is 15.3. The van der Waals surface area contributed by atoms with Crippen molar-refractivity contribution >= 4 is 18.0 Å². The average Bonchev–Trinajstić information content (AvgIpc) is 3.61. The van der Waals surface area contributed by atoms with E-state index in [4.69, 9.17) is 9.84 Å². The molecule has 2 aliphatic rings. The van der Waals surface area contributed by atoms with Crippen LogP contribution in [0.5, 0.6) is 0 Å². The molecule has 0 radical (unpaired) electrons. The molecule has 7 nitrogen and oxygen atoms in total. The van der Waals surface area contributed by atoms with Crippen molar-refractivity contribution in [1.29, 1.82) is 0 Å². The van der Waals surface area contributed by atoms with Crippen molar-refractivity contribution in [3.8, 4) is 11.1 Å². The first-order valence-corrected chi connectivity index (χ1v) is 11.6. The van der Waals surface area contributed by atoms with Gasteiger partial charge in [0, 0.05) is 12.0 Å². The third kappa shape index (κ3) is 4.99. The number of amides is 2. The molecule has 2 aromatic rings. The van der Waals surface area contributed by atoms with Crippen LogP contribution in [-0.2, 0) is 14.3 Å². The zero-order valence-electron chi connectivity index (χ0n) is 19.5. The number of carboxylic acids is 1. The number of ether oxygens (including phenoxy) is 1. The van der Waals surface area contributed by atoms with Crippen LogP contribution in [0.2, 0.25) is 0 Å². The Morgan fingerprint density at radius 1 is 1.06 bits per heavy atom. The largest absolute Gasteiger partial charge is 0.480 e. The molecule has 35 heavy (non-hydrogen) atoms. The van der Waals surface area contributed by atoms with Crippen molar-refractivity contribution in [2.75, 3.05) is 13.2 Å². The maximum Gasteiger partial charge on any atom is 0.407 e. The maximum atomic E-state index is 15.3. The molecule has 0 bridgehead atoms. The minimum atomic E-state index is -3.98. The summed E-state index contributed by atoms with van der Waals surface area (Å²) in [6, 6.07) is 13.0. The Morgan fingerprint density at radius 2 is 1.60 bits per heavy atom. The van der Waals surface area contributed by atoms with E-state index < -0.39 is 48.4 Å². The molecular weight excluding hydrogens is 458 g/mol. The fourth-order valence-corrected chi connectivity index (χ4v) is 4.66. The molecule has 2 N–H and O–H groups in total. The number of carboxylic acid groups (broad SMARTS) is 1. The first-order valence-electron chi connectivity index (χ1n) is 11.6. The van der Waals surface area contributed by atoms with Crippen LogP contribution in [0.25, 0.3) is 11.1 Å². The van der Waals surface area contributed by atoms with Gasteiger partial charge < -0.3 is 20.1 Å². The second kappa shape index (κ2) is 9.64. The van der Waals surface area contributed by atoms with Crippen molar-refractivity contribution < 1.29 is 33.0 Å². The minimum Gasteiger partial charge on any atom is -0.480 e. The second-order valence-electron chi connectivity index (χ2n) is 9.33. The molecule has 0 saturated heterocycles. The normalized spacial score (nSPS) is 15.8. The molecule has 1 fully saturated rings. The predicted octanol–water partition coefficient (Wildman–Crippen LogP) is 4.26. The Bertz CT molecular complexity index is 1090. The first-order chi connectivity index (χ1) is 16.6.